The fourth-order valence-electron chi connectivity index (χ4n) is 2.85. The van der Waals surface area contributed by atoms with Gasteiger partial charge in [-0.3, -0.25) is 9.59 Å². The predicted molar refractivity (Wildman–Crippen MR) is 105 cm³/mol. The van der Waals surface area contributed by atoms with Crippen LogP contribution in [0.2, 0.25) is 5.02 Å². The van der Waals surface area contributed by atoms with E-state index in [1.165, 1.54) is 31.2 Å². The summed E-state index contributed by atoms with van der Waals surface area (Å²) in [6, 6.07) is 13.4. The van der Waals surface area contributed by atoms with Gasteiger partial charge in [0.25, 0.3) is 0 Å². The van der Waals surface area contributed by atoms with Gasteiger partial charge < -0.3 is 10.2 Å². The molecular formula is C21H19ClF3N3O2. The Bertz CT molecular complexity index is 922. The van der Waals surface area contributed by atoms with Crippen molar-refractivity contribution >= 4 is 23.4 Å². The van der Waals surface area contributed by atoms with Gasteiger partial charge in [0.15, 0.2) is 0 Å². The number of rotatable bonds is 7. The highest BCUT2D eigenvalue weighted by Gasteiger charge is 2.34. The van der Waals surface area contributed by atoms with Crippen molar-refractivity contribution in [2.24, 2.45) is 0 Å². The summed E-state index contributed by atoms with van der Waals surface area (Å²) in [5.74, 6) is -1.19. The van der Waals surface area contributed by atoms with Gasteiger partial charge in [-0.05, 0) is 35.4 Å². The molecule has 2 rings (SSSR count). The number of hydrogen-bond acceptors (Lipinski definition) is 3. The lowest BCUT2D eigenvalue weighted by Crippen LogP contribution is -2.40. The summed E-state index contributed by atoms with van der Waals surface area (Å²) >= 11 is 5.86. The second kappa shape index (κ2) is 10.1. The van der Waals surface area contributed by atoms with Gasteiger partial charge in [-0.25, -0.2) is 0 Å². The number of benzene rings is 2. The Morgan fingerprint density at radius 3 is 2.23 bits per heavy atom. The molecule has 0 saturated heterocycles. The third kappa shape index (κ3) is 7.41. The van der Waals surface area contributed by atoms with Gasteiger partial charge in [0, 0.05) is 18.5 Å². The highest BCUT2D eigenvalue weighted by atomic mass is 35.5. The lowest BCUT2D eigenvalue weighted by Gasteiger charge is -2.27. The minimum atomic E-state index is -4.59. The van der Waals surface area contributed by atoms with E-state index in [-0.39, 0.29) is 13.0 Å². The molecule has 0 aromatic heterocycles. The highest BCUT2D eigenvalue weighted by Crippen LogP contribution is 2.24. The van der Waals surface area contributed by atoms with Crippen molar-refractivity contribution in [3.05, 3.63) is 70.2 Å². The molecule has 0 aliphatic carbocycles. The zero-order valence-corrected chi connectivity index (χ0v) is 16.8. The molecule has 0 fully saturated rings. The van der Waals surface area contributed by atoms with E-state index >= 15 is 0 Å². The molecule has 30 heavy (non-hydrogen) atoms. The number of nitrogens with zero attached hydrogens (tertiary/aromatic N) is 2. The Morgan fingerprint density at radius 2 is 1.73 bits per heavy atom. The summed E-state index contributed by atoms with van der Waals surface area (Å²) in [6.45, 7) is -0.450. The van der Waals surface area contributed by atoms with Crippen LogP contribution >= 0.6 is 11.6 Å². The van der Waals surface area contributed by atoms with Crippen LogP contribution in [0.1, 0.15) is 36.1 Å². The molecule has 0 aliphatic heterocycles. The summed E-state index contributed by atoms with van der Waals surface area (Å²) in [7, 11) is 0. The van der Waals surface area contributed by atoms with Crippen LogP contribution in [0.4, 0.5) is 13.2 Å². The molecule has 2 aromatic rings. The molecule has 2 aromatic carbocycles. The predicted octanol–water partition coefficient (Wildman–Crippen LogP) is 4.37. The molecule has 1 N–H and O–H groups in total. The van der Waals surface area contributed by atoms with Crippen LogP contribution in [0.5, 0.6) is 0 Å². The summed E-state index contributed by atoms with van der Waals surface area (Å²) in [5, 5.41) is 11.9. The summed E-state index contributed by atoms with van der Waals surface area (Å²) in [4.78, 5) is 25.0. The average Bonchev–Trinajstić information content (AvgIpc) is 2.66. The Labute approximate surface area is 177 Å². The zero-order valence-electron chi connectivity index (χ0n) is 16.0. The molecule has 5 nitrogen and oxygen atoms in total. The Kier molecular flexibility index (Phi) is 7.84. The van der Waals surface area contributed by atoms with Gasteiger partial charge >= 0.3 is 6.18 Å². The van der Waals surface area contributed by atoms with Gasteiger partial charge in [0.1, 0.15) is 6.54 Å². The van der Waals surface area contributed by atoms with E-state index in [9.17, 15) is 22.8 Å². The van der Waals surface area contributed by atoms with E-state index < -0.39 is 30.6 Å². The minimum Gasteiger partial charge on any atom is -0.349 e. The van der Waals surface area contributed by atoms with Crippen molar-refractivity contribution in [2.45, 2.75) is 32.1 Å². The topological polar surface area (TPSA) is 73.2 Å². The van der Waals surface area contributed by atoms with Gasteiger partial charge in [0.2, 0.25) is 11.8 Å². The maximum absolute atomic E-state index is 13.1. The van der Waals surface area contributed by atoms with Crippen LogP contribution < -0.4 is 5.32 Å². The molecule has 0 heterocycles. The van der Waals surface area contributed by atoms with Gasteiger partial charge in [0.05, 0.1) is 24.1 Å². The lowest BCUT2D eigenvalue weighted by atomic mass is 10.0. The third-order valence-electron chi connectivity index (χ3n) is 4.21. The summed E-state index contributed by atoms with van der Waals surface area (Å²) in [6.07, 6.45) is -4.94. The van der Waals surface area contributed by atoms with Crippen molar-refractivity contribution in [3.8, 4) is 6.07 Å². The van der Waals surface area contributed by atoms with Crippen LogP contribution in [0.15, 0.2) is 48.5 Å². The molecule has 0 saturated carbocycles. The Morgan fingerprint density at radius 1 is 1.13 bits per heavy atom. The largest absolute Gasteiger partial charge is 0.406 e. The molecule has 2 amide bonds. The quantitative estimate of drug-likeness (QED) is 0.699. The first-order chi connectivity index (χ1) is 14.1. The number of nitriles is 1. The fraction of sp³-hybridized carbons (Fsp3) is 0.286. The van der Waals surface area contributed by atoms with Crippen LogP contribution in [-0.2, 0) is 16.1 Å². The molecule has 158 valence electrons. The standard InChI is InChI=1S/C21H19ClF3N3O2/c1-14(29)27-19(17-6-8-18(22)9-7-17)10-20(30)28(13-21(23,24)25)12-16-4-2-15(11-26)3-5-16/h2-9,19H,10,12-13H2,1H3,(H,27,29). The van der Waals surface area contributed by atoms with E-state index in [0.29, 0.717) is 26.6 Å². The fourth-order valence-corrected chi connectivity index (χ4v) is 2.98. The van der Waals surface area contributed by atoms with Crippen molar-refractivity contribution in [3.63, 3.8) is 0 Å². The molecular weight excluding hydrogens is 419 g/mol. The number of carbonyl (C=O) groups is 2. The number of amides is 2. The van der Waals surface area contributed by atoms with Gasteiger partial charge in [-0.15, -0.1) is 0 Å². The van der Waals surface area contributed by atoms with Crippen LogP contribution in [-0.4, -0.2) is 29.4 Å². The number of nitrogens with one attached hydrogen (secondary N) is 1. The minimum absolute atomic E-state index is 0.280. The Hall–Kier alpha value is -3.05. The van der Waals surface area contributed by atoms with E-state index in [1.54, 1.807) is 24.3 Å². The number of hydrogen-bond donors (Lipinski definition) is 1. The number of alkyl halides is 3. The second-order valence-corrected chi connectivity index (χ2v) is 7.12. The van der Waals surface area contributed by atoms with Crippen molar-refractivity contribution < 1.29 is 22.8 Å². The van der Waals surface area contributed by atoms with Gasteiger partial charge in [-0.2, -0.15) is 18.4 Å². The van der Waals surface area contributed by atoms with Crippen molar-refractivity contribution in [1.82, 2.24) is 10.2 Å². The molecule has 0 bridgehead atoms. The van der Waals surface area contributed by atoms with Gasteiger partial charge in [-0.1, -0.05) is 35.9 Å². The van der Waals surface area contributed by atoms with E-state index in [2.05, 4.69) is 5.32 Å². The molecule has 0 aliphatic rings. The first kappa shape index (κ1) is 23.2. The second-order valence-electron chi connectivity index (χ2n) is 6.68. The SMILES string of the molecule is CC(=O)NC(CC(=O)N(Cc1ccc(C#N)cc1)CC(F)(F)F)c1ccc(Cl)cc1. The average molecular weight is 438 g/mol. The maximum atomic E-state index is 13.1. The summed E-state index contributed by atoms with van der Waals surface area (Å²) < 4.78 is 39.2. The molecule has 0 radical (unpaired) electrons. The van der Waals surface area contributed by atoms with E-state index in [4.69, 9.17) is 16.9 Å². The molecule has 1 unspecified atom stereocenters. The monoisotopic (exact) mass is 437 g/mol. The smallest absolute Gasteiger partial charge is 0.349 e. The first-order valence-electron chi connectivity index (χ1n) is 8.93. The first-order valence-corrected chi connectivity index (χ1v) is 9.31. The van der Waals surface area contributed by atoms with Crippen molar-refractivity contribution in [2.75, 3.05) is 6.54 Å². The summed E-state index contributed by atoms with van der Waals surface area (Å²) in [5.41, 5.74) is 1.36. The Balaban J connectivity index is 2.24. The maximum Gasteiger partial charge on any atom is 0.406 e. The van der Waals surface area contributed by atoms with Crippen LogP contribution in [0.25, 0.3) is 0 Å². The molecule has 0 spiro atoms. The van der Waals surface area contributed by atoms with Crippen molar-refractivity contribution in [1.29, 1.82) is 5.26 Å². The van der Waals surface area contributed by atoms with Crippen LogP contribution in [0, 0.1) is 11.3 Å². The van der Waals surface area contributed by atoms with E-state index in [1.807, 2.05) is 6.07 Å². The number of halogens is 4. The highest BCUT2D eigenvalue weighted by molar-refractivity contribution is 6.30. The van der Waals surface area contributed by atoms with E-state index in [0.717, 1.165) is 0 Å². The third-order valence-corrected chi connectivity index (χ3v) is 4.46. The molecule has 1 atom stereocenters. The lowest BCUT2D eigenvalue weighted by molar-refractivity contribution is -0.162. The number of carbonyl (C=O) groups excluding carboxylic acids is 2. The normalized spacial score (nSPS) is 12.0. The zero-order chi connectivity index (χ0) is 22.3. The molecule has 9 heteroatoms. The van der Waals surface area contributed by atoms with Crippen LogP contribution in [0.3, 0.4) is 0 Å².